The van der Waals surface area contributed by atoms with Crippen molar-refractivity contribution in [3.8, 4) is 0 Å². The van der Waals surface area contributed by atoms with Crippen LogP contribution in [0.1, 0.15) is 234 Å². The van der Waals surface area contributed by atoms with Crippen molar-refractivity contribution in [2.24, 2.45) is 11.8 Å². The molecule has 0 bridgehead atoms. The third kappa shape index (κ3) is 36.2. The van der Waals surface area contributed by atoms with E-state index < -0.39 is 6.10 Å². The zero-order valence-corrected chi connectivity index (χ0v) is 34.0. The monoisotopic (exact) mass is 709 g/mol. The van der Waals surface area contributed by atoms with E-state index in [1.807, 2.05) is 0 Å². The van der Waals surface area contributed by atoms with Gasteiger partial charge in [0.1, 0.15) is 13.2 Å². The summed E-state index contributed by atoms with van der Waals surface area (Å²) in [7, 11) is 0. The van der Waals surface area contributed by atoms with Crippen LogP contribution in [0.3, 0.4) is 0 Å². The van der Waals surface area contributed by atoms with E-state index in [9.17, 15) is 14.4 Å². The number of unbranched alkanes of at least 4 members (excludes halogenated alkanes) is 22. The number of hydrogen-bond acceptors (Lipinski definition) is 6. The normalized spacial score (nSPS) is 12.6. The molecule has 0 radical (unpaired) electrons. The largest absolute Gasteiger partial charge is 0.462 e. The minimum Gasteiger partial charge on any atom is -0.462 e. The van der Waals surface area contributed by atoms with E-state index in [0.29, 0.717) is 19.3 Å². The van der Waals surface area contributed by atoms with Crippen LogP contribution >= 0.6 is 0 Å². The molecule has 50 heavy (non-hydrogen) atoms. The van der Waals surface area contributed by atoms with Crippen molar-refractivity contribution in [3.63, 3.8) is 0 Å². The Morgan fingerprint density at radius 2 is 0.760 bits per heavy atom. The molecule has 0 N–H and O–H groups in total. The second kappa shape index (κ2) is 37.2. The summed E-state index contributed by atoms with van der Waals surface area (Å²) in [6.07, 6.45) is 34.1. The first-order chi connectivity index (χ1) is 24.3. The lowest BCUT2D eigenvalue weighted by Crippen LogP contribution is -2.30. The summed E-state index contributed by atoms with van der Waals surface area (Å²) >= 11 is 0. The van der Waals surface area contributed by atoms with Gasteiger partial charge in [-0.3, -0.25) is 14.4 Å². The van der Waals surface area contributed by atoms with Crippen molar-refractivity contribution < 1.29 is 28.6 Å². The van der Waals surface area contributed by atoms with Crippen molar-refractivity contribution >= 4 is 17.9 Å². The first kappa shape index (κ1) is 48.4. The van der Waals surface area contributed by atoms with Gasteiger partial charge < -0.3 is 14.2 Å². The molecule has 0 aliphatic carbocycles. The van der Waals surface area contributed by atoms with Crippen molar-refractivity contribution in [2.45, 2.75) is 240 Å². The summed E-state index contributed by atoms with van der Waals surface area (Å²) in [5.41, 5.74) is 0. The van der Waals surface area contributed by atoms with Gasteiger partial charge in [-0.05, 0) is 31.1 Å². The Balaban J connectivity index is 4.18. The Bertz CT molecular complexity index is 766. The van der Waals surface area contributed by atoms with E-state index in [2.05, 4.69) is 34.6 Å². The average molecular weight is 709 g/mol. The predicted octanol–water partition coefficient (Wildman–Crippen LogP) is 13.4. The number of esters is 3. The lowest BCUT2D eigenvalue weighted by atomic mass is 10.00. The van der Waals surface area contributed by atoms with Crippen LogP contribution in [0.5, 0.6) is 0 Å². The Morgan fingerprint density at radius 3 is 1.14 bits per heavy atom. The minimum atomic E-state index is -0.758. The first-order valence-corrected chi connectivity index (χ1v) is 21.8. The van der Waals surface area contributed by atoms with Crippen molar-refractivity contribution in [3.05, 3.63) is 0 Å². The molecular weight excluding hydrogens is 624 g/mol. The molecule has 6 heteroatoms. The highest BCUT2D eigenvalue weighted by Crippen LogP contribution is 2.17. The second-order valence-electron chi connectivity index (χ2n) is 15.7. The number of ether oxygens (including phenoxy) is 3. The van der Waals surface area contributed by atoms with E-state index in [-0.39, 0.29) is 31.1 Å². The smallest absolute Gasteiger partial charge is 0.306 e. The Labute approximate surface area is 310 Å². The van der Waals surface area contributed by atoms with Gasteiger partial charge in [-0.2, -0.15) is 0 Å². The lowest BCUT2D eigenvalue weighted by molar-refractivity contribution is -0.167. The molecule has 0 aliphatic heterocycles. The van der Waals surface area contributed by atoms with E-state index in [1.165, 1.54) is 116 Å². The van der Waals surface area contributed by atoms with Gasteiger partial charge in [0.2, 0.25) is 0 Å². The van der Waals surface area contributed by atoms with Gasteiger partial charge in [-0.25, -0.2) is 0 Å². The summed E-state index contributed by atoms with van der Waals surface area (Å²) in [4.78, 5) is 37.4. The highest BCUT2D eigenvalue weighted by atomic mass is 16.6. The fourth-order valence-electron chi connectivity index (χ4n) is 6.37. The quantitative estimate of drug-likeness (QED) is 0.0361. The summed E-state index contributed by atoms with van der Waals surface area (Å²) in [5.74, 6) is 0.782. The topological polar surface area (TPSA) is 78.9 Å². The van der Waals surface area contributed by atoms with Crippen LogP contribution in [-0.4, -0.2) is 37.2 Å². The molecule has 0 aromatic carbocycles. The molecule has 0 saturated heterocycles. The van der Waals surface area contributed by atoms with Crippen LogP contribution in [0, 0.1) is 11.8 Å². The Hall–Kier alpha value is -1.59. The van der Waals surface area contributed by atoms with E-state index in [0.717, 1.165) is 76.0 Å². The number of carbonyl (C=O) groups is 3. The summed E-state index contributed by atoms with van der Waals surface area (Å²) in [5, 5.41) is 0. The molecule has 1 unspecified atom stereocenters. The molecule has 0 spiro atoms. The third-order valence-corrected chi connectivity index (χ3v) is 10.1. The standard InChI is InChI=1S/C44H84O6/c1-6-8-9-22-29-34-42(45)48-37-41(38-49-43(46)35-30-25-21-20-24-28-33-40(5)7-2)50-44(47)36-31-26-19-17-15-13-11-10-12-14-16-18-23-27-32-39(3)4/h39-41H,6-38H2,1-5H3/t40?,41-/m0/s1. The summed E-state index contributed by atoms with van der Waals surface area (Å²) in [6, 6.07) is 0. The SMILES string of the molecule is CCCCCCCC(=O)OC[C@@H](COC(=O)CCCCCCCCC(C)CC)OC(=O)CCCCCCCCCCCCCCCCC(C)C. The van der Waals surface area contributed by atoms with Crippen LogP contribution in [-0.2, 0) is 28.6 Å². The van der Waals surface area contributed by atoms with Crippen molar-refractivity contribution in [1.82, 2.24) is 0 Å². The van der Waals surface area contributed by atoms with Gasteiger partial charge in [0.25, 0.3) is 0 Å². The zero-order chi connectivity index (χ0) is 36.9. The van der Waals surface area contributed by atoms with Gasteiger partial charge in [-0.1, -0.05) is 195 Å². The van der Waals surface area contributed by atoms with E-state index >= 15 is 0 Å². The molecule has 0 amide bonds. The molecule has 0 rings (SSSR count). The molecule has 0 fully saturated rings. The number of carbonyl (C=O) groups excluding carboxylic acids is 3. The van der Waals surface area contributed by atoms with Gasteiger partial charge in [0, 0.05) is 19.3 Å². The fraction of sp³-hybridized carbons (Fsp3) is 0.932. The van der Waals surface area contributed by atoms with Crippen LogP contribution in [0.25, 0.3) is 0 Å². The molecule has 6 nitrogen and oxygen atoms in total. The predicted molar refractivity (Wildman–Crippen MR) is 210 cm³/mol. The maximum Gasteiger partial charge on any atom is 0.306 e. The van der Waals surface area contributed by atoms with E-state index in [4.69, 9.17) is 14.2 Å². The molecule has 0 saturated carbocycles. The summed E-state index contributed by atoms with van der Waals surface area (Å²) < 4.78 is 16.6. The maximum atomic E-state index is 12.6. The highest BCUT2D eigenvalue weighted by molar-refractivity contribution is 5.71. The molecule has 0 aliphatic rings. The highest BCUT2D eigenvalue weighted by Gasteiger charge is 2.19. The molecule has 2 atom stereocenters. The Morgan fingerprint density at radius 1 is 0.420 bits per heavy atom. The maximum absolute atomic E-state index is 12.6. The second-order valence-corrected chi connectivity index (χ2v) is 15.7. The molecule has 0 aromatic rings. The molecule has 0 aromatic heterocycles. The molecular formula is C44H84O6. The van der Waals surface area contributed by atoms with Crippen LogP contribution in [0.2, 0.25) is 0 Å². The zero-order valence-electron chi connectivity index (χ0n) is 34.0. The fourth-order valence-corrected chi connectivity index (χ4v) is 6.37. The molecule has 0 heterocycles. The van der Waals surface area contributed by atoms with Crippen LogP contribution < -0.4 is 0 Å². The van der Waals surface area contributed by atoms with Gasteiger partial charge in [0.15, 0.2) is 6.10 Å². The molecule has 296 valence electrons. The minimum absolute atomic E-state index is 0.0672. The van der Waals surface area contributed by atoms with Gasteiger partial charge in [0.05, 0.1) is 0 Å². The van der Waals surface area contributed by atoms with Crippen molar-refractivity contribution in [1.29, 1.82) is 0 Å². The lowest BCUT2D eigenvalue weighted by Gasteiger charge is -2.18. The third-order valence-electron chi connectivity index (χ3n) is 10.1. The number of rotatable bonds is 38. The van der Waals surface area contributed by atoms with Gasteiger partial charge >= 0.3 is 17.9 Å². The Kier molecular flexibility index (Phi) is 36.0. The average Bonchev–Trinajstić information content (AvgIpc) is 3.09. The van der Waals surface area contributed by atoms with Crippen LogP contribution in [0.15, 0.2) is 0 Å². The first-order valence-electron chi connectivity index (χ1n) is 21.8. The van der Waals surface area contributed by atoms with Gasteiger partial charge in [-0.15, -0.1) is 0 Å². The van der Waals surface area contributed by atoms with Crippen molar-refractivity contribution in [2.75, 3.05) is 13.2 Å². The summed E-state index contributed by atoms with van der Waals surface area (Å²) in [6.45, 7) is 11.2. The van der Waals surface area contributed by atoms with E-state index in [1.54, 1.807) is 0 Å². The number of hydrogen-bond donors (Lipinski definition) is 0. The van der Waals surface area contributed by atoms with Crippen LogP contribution in [0.4, 0.5) is 0 Å².